The first-order valence-electron chi connectivity index (χ1n) is 7.12. The smallest absolute Gasteiger partial charge is 0.0725 e. The van der Waals surface area contributed by atoms with Crippen LogP contribution in [-0.4, -0.2) is 4.98 Å². The third-order valence-corrected chi connectivity index (χ3v) is 3.68. The fraction of sp³-hybridized carbons (Fsp3) is 0.167. The number of hydrogen-bond donors (Lipinski definition) is 2. The van der Waals surface area contributed by atoms with E-state index in [1.165, 1.54) is 0 Å². The summed E-state index contributed by atoms with van der Waals surface area (Å²) in [7, 11) is 0. The minimum atomic E-state index is 0.136. The molecule has 3 nitrogen and oxygen atoms in total. The molecule has 3 heteroatoms. The molecule has 2 aromatic carbocycles. The van der Waals surface area contributed by atoms with E-state index >= 15 is 0 Å². The molecule has 0 saturated carbocycles. The van der Waals surface area contributed by atoms with Gasteiger partial charge in [-0.1, -0.05) is 36.4 Å². The van der Waals surface area contributed by atoms with Gasteiger partial charge in [-0.25, -0.2) is 0 Å². The van der Waals surface area contributed by atoms with Crippen molar-refractivity contribution in [2.75, 3.05) is 11.1 Å². The Morgan fingerprint density at radius 3 is 2.57 bits per heavy atom. The van der Waals surface area contributed by atoms with Gasteiger partial charge in [-0.3, -0.25) is 4.98 Å². The number of aromatic nitrogens is 1. The first-order valence-corrected chi connectivity index (χ1v) is 7.12. The van der Waals surface area contributed by atoms with Crippen molar-refractivity contribution in [3.63, 3.8) is 0 Å². The summed E-state index contributed by atoms with van der Waals surface area (Å²) in [6.45, 7) is 4.13. The topological polar surface area (TPSA) is 50.9 Å². The van der Waals surface area contributed by atoms with Crippen LogP contribution in [0.1, 0.15) is 24.2 Å². The highest BCUT2D eigenvalue weighted by molar-refractivity contribution is 5.91. The molecule has 3 rings (SSSR count). The molecule has 0 spiro atoms. The fourth-order valence-electron chi connectivity index (χ4n) is 2.64. The summed E-state index contributed by atoms with van der Waals surface area (Å²) in [6.07, 6.45) is 0. The second kappa shape index (κ2) is 5.44. The van der Waals surface area contributed by atoms with Crippen LogP contribution in [0.25, 0.3) is 10.9 Å². The van der Waals surface area contributed by atoms with Crippen molar-refractivity contribution >= 4 is 22.3 Å². The van der Waals surface area contributed by atoms with Crippen LogP contribution in [0.5, 0.6) is 0 Å². The van der Waals surface area contributed by atoms with Crippen molar-refractivity contribution in [3.05, 3.63) is 65.9 Å². The molecule has 0 aliphatic heterocycles. The molecule has 0 radical (unpaired) electrons. The van der Waals surface area contributed by atoms with E-state index in [1.54, 1.807) is 0 Å². The lowest BCUT2D eigenvalue weighted by molar-refractivity contribution is 0.889. The molecule has 3 aromatic rings. The van der Waals surface area contributed by atoms with Gasteiger partial charge in [0.1, 0.15) is 0 Å². The lowest BCUT2D eigenvalue weighted by Crippen LogP contribution is -2.09. The molecule has 1 unspecified atom stereocenters. The van der Waals surface area contributed by atoms with Crippen LogP contribution in [0, 0.1) is 6.92 Å². The Morgan fingerprint density at radius 1 is 1.05 bits per heavy atom. The van der Waals surface area contributed by atoms with Crippen molar-refractivity contribution in [1.82, 2.24) is 4.98 Å². The van der Waals surface area contributed by atoms with E-state index in [2.05, 4.69) is 35.4 Å². The minimum Gasteiger partial charge on any atom is -0.398 e. The summed E-state index contributed by atoms with van der Waals surface area (Å²) in [5.74, 6) is 0. The van der Waals surface area contributed by atoms with Gasteiger partial charge in [0.25, 0.3) is 0 Å². The highest BCUT2D eigenvalue weighted by Crippen LogP contribution is 2.28. The predicted octanol–water partition coefficient (Wildman–Crippen LogP) is 4.30. The molecule has 0 fully saturated rings. The van der Waals surface area contributed by atoms with Crippen LogP contribution < -0.4 is 11.1 Å². The molecular weight excluding hydrogens is 258 g/mol. The normalized spacial score (nSPS) is 12.3. The van der Waals surface area contributed by atoms with Crippen LogP contribution in [0.2, 0.25) is 0 Å². The quantitative estimate of drug-likeness (QED) is 0.702. The first-order chi connectivity index (χ1) is 10.1. The van der Waals surface area contributed by atoms with Crippen molar-refractivity contribution < 1.29 is 0 Å². The Hall–Kier alpha value is -2.55. The number of para-hydroxylation sites is 2. The lowest BCUT2D eigenvalue weighted by Gasteiger charge is -2.19. The van der Waals surface area contributed by atoms with E-state index in [0.29, 0.717) is 0 Å². The molecule has 1 heterocycles. The molecule has 106 valence electrons. The SMILES string of the molecule is Cc1cc(NC(C)c2ccccc2N)c2ccccc2n1. The van der Waals surface area contributed by atoms with Gasteiger partial charge in [0.05, 0.1) is 11.6 Å². The highest BCUT2D eigenvalue weighted by atomic mass is 14.9. The van der Waals surface area contributed by atoms with Crippen LogP contribution in [-0.2, 0) is 0 Å². The van der Waals surface area contributed by atoms with Gasteiger partial charge in [0.2, 0.25) is 0 Å². The van der Waals surface area contributed by atoms with Crippen molar-refractivity contribution in [1.29, 1.82) is 0 Å². The molecule has 1 aromatic heterocycles. The molecule has 0 aliphatic rings. The number of fused-ring (bicyclic) bond motifs is 1. The number of benzene rings is 2. The molecule has 3 N–H and O–H groups in total. The third kappa shape index (κ3) is 2.68. The van der Waals surface area contributed by atoms with Crippen molar-refractivity contribution in [3.8, 4) is 0 Å². The van der Waals surface area contributed by atoms with Gasteiger partial charge in [-0.15, -0.1) is 0 Å². The Kier molecular flexibility index (Phi) is 3.48. The van der Waals surface area contributed by atoms with Crippen LogP contribution in [0.4, 0.5) is 11.4 Å². The summed E-state index contributed by atoms with van der Waals surface area (Å²) >= 11 is 0. The molecule has 0 amide bonds. The summed E-state index contributed by atoms with van der Waals surface area (Å²) < 4.78 is 0. The Morgan fingerprint density at radius 2 is 1.76 bits per heavy atom. The molecule has 0 saturated heterocycles. The first kappa shape index (κ1) is 13.4. The standard InChI is InChI=1S/C18H19N3/c1-12-11-18(15-8-4-6-10-17(15)20-12)21-13(2)14-7-3-5-9-16(14)19/h3-11,13H,19H2,1-2H3,(H,20,21). The maximum Gasteiger partial charge on any atom is 0.0725 e. The van der Waals surface area contributed by atoms with E-state index < -0.39 is 0 Å². The van der Waals surface area contributed by atoms with Crippen molar-refractivity contribution in [2.24, 2.45) is 0 Å². The zero-order valence-electron chi connectivity index (χ0n) is 12.3. The van der Waals surface area contributed by atoms with E-state index in [0.717, 1.165) is 33.5 Å². The maximum atomic E-state index is 6.07. The molecule has 0 bridgehead atoms. The second-order valence-corrected chi connectivity index (χ2v) is 5.32. The highest BCUT2D eigenvalue weighted by Gasteiger charge is 2.11. The van der Waals surface area contributed by atoms with Crippen LogP contribution in [0.15, 0.2) is 54.6 Å². The Balaban J connectivity index is 2.00. The van der Waals surface area contributed by atoms with E-state index in [4.69, 9.17) is 5.73 Å². The second-order valence-electron chi connectivity index (χ2n) is 5.32. The number of pyridine rings is 1. The van der Waals surface area contributed by atoms with E-state index in [9.17, 15) is 0 Å². The number of nitrogens with zero attached hydrogens (tertiary/aromatic N) is 1. The lowest BCUT2D eigenvalue weighted by atomic mass is 10.1. The number of nitrogen functional groups attached to an aromatic ring is 1. The molecule has 0 aliphatic carbocycles. The van der Waals surface area contributed by atoms with E-state index in [-0.39, 0.29) is 6.04 Å². The molecule has 21 heavy (non-hydrogen) atoms. The number of rotatable bonds is 3. The van der Waals surface area contributed by atoms with Gasteiger partial charge >= 0.3 is 0 Å². The predicted molar refractivity (Wildman–Crippen MR) is 89.4 cm³/mol. The summed E-state index contributed by atoms with van der Waals surface area (Å²) in [5.41, 5.74) is 11.1. The summed E-state index contributed by atoms with van der Waals surface area (Å²) in [5, 5.41) is 4.69. The monoisotopic (exact) mass is 277 g/mol. The largest absolute Gasteiger partial charge is 0.398 e. The maximum absolute atomic E-state index is 6.07. The number of nitrogens with two attached hydrogens (primary N) is 1. The van der Waals surface area contributed by atoms with Crippen LogP contribution in [0.3, 0.4) is 0 Å². The number of aryl methyl sites for hydroxylation is 1. The minimum absolute atomic E-state index is 0.136. The van der Waals surface area contributed by atoms with E-state index in [1.807, 2.05) is 43.3 Å². The Labute approximate surface area is 124 Å². The number of anilines is 2. The number of hydrogen-bond acceptors (Lipinski definition) is 3. The van der Waals surface area contributed by atoms with Gasteiger partial charge in [0.15, 0.2) is 0 Å². The average Bonchev–Trinajstić information content (AvgIpc) is 2.47. The van der Waals surface area contributed by atoms with Crippen molar-refractivity contribution in [2.45, 2.75) is 19.9 Å². The van der Waals surface area contributed by atoms with Crippen LogP contribution >= 0.6 is 0 Å². The average molecular weight is 277 g/mol. The Bertz CT molecular complexity index is 780. The fourth-order valence-corrected chi connectivity index (χ4v) is 2.64. The van der Waals surface area contributed by atoms with Gasteiger partial charge in [-0.05, 0) is 37.6 Å². The van der Waals surface area contributed by atoms with Gasteiger partial charge in [-0.2, -0.15) is 0 Å². The number of nitrogens with one attached hydrogen (secondary N) is 1. The van der Waals surface area contributed by atoms with Gasteiger partial charge in [0, 0.05) is 22.5 Å². The van der Waals surface area contributed by atoms with Gasteiger partial charge < -0.3 is 11.1 Å². The molecular formula is C18H19N3. The summed E-state index contributed by atoms with van der Waals surface area (Å²) in [4.78, 5) is 4.57. The molecule has 1 atom stereocenters. The third-order valence-electron chi connectivity index (χ3n) is 3.68. The zero-order chi connectivity index (χ0) is 14.8. The zero-order valence-corrected chi connectivity index (χ0v) is 12.3. The summed E-state index contributed by atoms with van der Waals surface area (Å²) in [6, 6.07) is 18.3.